The van der Waals surface area contributed by atoms with Gasteiger partial charge in [0.2, 0.25) is 0 Å². The summed E-state index contributed by atoms with van der Waals surface area (Å²) in [6.07, 6.45) is 1.80. The number of ether oxygens (including phenoxy) is 2. The molecule has 0 N–H and O–H groups in total. The van der Waals surface area contributed by atoms with Crippen LogP contribution in [0, 0.1) is 23.2 Å². The molecule has 0 aromatic carbocycles. The highest BCUT2D eigenvalue weighted by Crippen LogP contribution is 2.43. The van der Waals surface area contributed by atoms with E-state index in [-0.39, 0.29) is 47.8 Å². The monoisotopic (exact) mass is 296 g/mol. The molecule has 0 saturated carbocycles. The third-order valence-corrected chi connectivity index (χ3v) is 3.96. The second-order valence-electron chi connectivity index (χ2n) is 7.11. The maximum absolute atomic E-state index is 11.9. The predicted octanol–water partition coefficient (Wildman–Crippen LogP) is 3.36. The average molecular weight is 296 g/mol. The van der Waals surface area contributed by atoms with E-state index in [1.165, 1.54) is 0 Å². The lowest BCUT2D eigenvalue weighted by atomic mass is 9.81. The molecular weight excluding hydrogens is 268 g/mol. The SMILES string of the molecule is CC1=CC(C)(C)C(COC(=O)C(C)C)C1OC(=O)C(C)C. The van der Waals surface area contributed by atoms with Gasteiger partial charge in [0.15, 0.2) is 0 Å². The largest absolute Gasteiger partial charge is 0.465 e. The van der Waals surface area contributed by atoms with E-state index in [4.69, 9.17) is 9.47 Å². The molecule has 1 aliphatic carbocycles. The smallest absolute Gasteiger partial charge is 0.308 e. The van der Waals surface area contributed by atoms with E-state index in [0.29, 0.717) is 0 Å². The van der Waals surface area contributed by atoms with Crippen LogP contribution in [-0.2, 0) is 19.1 Å². The fourth-order valence-corrected chi connectivity index (χ4v) is 2.56. The summed E-state index contributed by atoms with van der Waals surface area (Å²) in [5.41, 5.74) is 0.864. The standard InChI is InChI=1S/C17H28O4/c1-10(2)15(18)20-9-13-14(21-16(19)11(3)4)12(5)8-17(13,6)7/h8,10-11,13-14H,9H2,1-7H3. The summed E-state index contributed by atoms with van der Waals surface area (Å²) < 4.78 is 11.0. The molecule has 0 fully saturated rings. The van der Waals surface area contributed by atoms with Crippen LogP contribution in [0.15, 0.2) is 11.6 Å². The lowest BCUT2D eigenvalue weighted by molar-refractivity contribution is -0.158. The van der Waals surface area contributed by atoms with Gasteiger partial charge in [-0.2, -0.15) is 0 Å². The van der Waals surface area contributed by atoms with Crippen LogP contribution in [0.2, 0.25) is 0 Å². The molecule has 1 aliphatic rings. The zero-order valence-corrected chi connectivity index (χ0v) is 14.2. The topological polar surface area (TPSA) is 52.6 Å². The molecule has 0 amide bonds. The Labute approximate surface area is 127 Å². The Morgan fingerprint density at radius 1 is 1.14 bits per heavy atom. The normalized spacial score (nSPS) is 24.1. The van der Waals surface area contributed by atoms with Gasteiger partial charge >= 0.3 is 11.9 Å². The maximum atomic E-state index is 11.9. The van der Waals surface area contributed by atoms with Crippen molar-refractivity contribution < 1.29 is 19.1 Å². The fourth-order valence-electron chi connectivity index (χ4n) is 2.56. The number of hydrogen-bond acceptors (Lipinski definition) is 4. The Morgan fingerprint density at radius 3 is 2.14 bits per heavy atom. The van der Waals surface area contributed by atoms with Gasteiger partial charge in [-0.1, -0.05) is 47.6 Å². The molecule has 2 unspecified atom stereocenters. The van der Waals surface area contributed by atoms with Crippen molar-refractivity contribution in [3.63, 3.8) is 0 Å². The molecule has 0 aromatic rings. The molecule has 0 spiro atoms. The van der Waals surface area contributed by atoms with Crippen LogP contribution in [0.3, 0.4) is 0 Å². The van der Waals surface area contributed by atoms with Crippen molar-refractivity contribution in [1.82, 2.24) is 0 Å². The Bertz CT molecular complexity index is 432. The number of carbonyl (C=O) groups excluding carboxylic acids is 2. The molecule has 120 valence electrons. The second-order valence-corrected chi connectivity index (χ2v) is 7.11. The summed E-state index contributed by atoms with van der Waals surface area (Å²) in [6.45, 7) is 13.6. The van der Waals surface area contributed by atoms with E-state index in [9.17, 15) is 9.59 Å². The number of hydrogen-bond donors (Lipinski definition) is 0. The first-order chi connectivity index (χ1) is 9.56. The Balaban J connectivity index is 2.81. The Kier molecular flexibility index (Phi) is 5.60. The first-order valence-electron chi connectivity index (χ1n) is 7.62. The zero-order chi connectivity index (χ0) is 16.4. The van der Waals surface area contributed by atoms with Crippen LogP contribution < -0.4 is 0 Å². The quantitative estimate of drug-likeness (QED) is 0.576. The van der Waals surface area contributed by atoms with Crippen molar-refractivity contribution in [2.45, 2.75) is 54.6 Å². The van der Waals surface area contributed by atoms with E-state index in [1.54, 1.807) is 0 Å². The third-order valence-electron chi connectivity index (χ3n) is 3.96. The van der Waals surface area contributed by atoms with Gasteiger partial charge < -0.3 is 9.47 Å². The van der Waals surface area contributed by atoms with Gasteiger partial charge in [0.05, 0.1) is 18.4 Å². The number of esters is 2. The molecule has 21 heavy (non-hydrogen) atoms. The Morgan fingerprint density at radius 2 is 1.67 bits per heavy atom. The molecule has 0 radical (unpaired) electrons. The van der Waals surface area contributed by atoms with Crippen molar-refractivity contribution in [1.29, 1.82) is 0 Å². The van der Waals surface area contributed by atoms with Gasteiger partial charge in [0.1, 0.15) is 6.10 Å². The Hall–Kier alpha value is -1.32. The van der Waals surface area contributed by atoms with E-state index in [2.05, 4.69) is 19.9 Å². The van der Waals surface area contributed by atoms with E-state index in [0.717, 1.165) is 5.57 Å². The van der Waals surface area contributed by atoms with Crippen LogP contribution in [0.1, 0.15) is 48.5 Å². The van der Waals surface area contributed by atoms with Gasteiger partial charge in [-0.25, -0.2) is 0 Å². The van der Waals surface area contributed by atoms with E-state index < -0.39 is 0 Å². The van der Waals surface area contributed by atoms with E-state index in [1.807, 2.05) is 34.6 Å². The highest BCUT2D eigenvalue weighted by Gasteiger charge is 2.44. The third kappa shape index (κ3) is 4.32. The minimum Gasteiger partial charge on any atom is -0.465 e. The molecule has 2 atom stereocenters. The van der Waals surface area contributed by atoms with Gasteiger partial charge in [-0.05, 0) is 17.9 Å². The molecule has 4 heteroatoms. The summed E-state index contributed by atoms with van der Waals surface area (Å²) in [7, 11) is 0. The van der Waals surface area contributed by atoms with Crippen LogP contribution in [0.5, 0.6) is 0 Å². The molecule has 4 nitrogen and oxygen atoms in total. The molecule has 0 saturated heterocycles. The molecular formula is C17H28O4. The van der Waals surface area contributed by atoms with E-state index >= 15 is 0 Å². The summed E-state index contributed by atoms with van der Waals surface area (Å²) >= 11 is 0. The first-order valence-corrected chi connectivity index (χ1v) is 7.62. The fraction of sp³-hybridized carbons (Fsp3) is 0.765. The molecule has 0 heterocycles. The van der Waals surface area contributed by atoms with Gasteiger partial charge in [0, 0.05) is 5.92 Å². The minimum absolute atomic E-state index is 0.0390. The number of allylic oxidation sites excluding steroid dienone is 1. The molecule has 0 aliphatic heterocycles. The lowest BCUT2D eigenvalue weighted by Crippen LogP contribution is -2.36. The van der Waals surface area contributed by atoms with Crippen LogP contribution in [0.4, 0.5) is 0 Å². The predicted molar refractivity (Wildman–Crippen MR) is 81.5 cm³/mol. The molecule has 1 rings (SSSR count). The zero-order valence-electron chi connectivity index (χ0n) is 14.2. The summed E-state index contributed by atoms with van der Waals surface area (Å²) in [5, 5.41) is 0. The number of rotatable bonds is 5. The van der Waals surface area contributed by atoms with Crippen molar-refractivity contribution in [3.8, 4) is 0 Å². The first kappa shape index (κ1) is 17.7. The summed E-state index contributed by atoms with van der Waals surface area (Å²) in [6, 6.07) is 0. The van der Waals surface area contributed by atoms with Gasteiger partial charge in [-0.15, -0.1) is 0 Å². The van der Waals surface area contributed by atoms with Crippen molar-refractivity contribution in [3.05, 3.63) is 11.6 Å². The maximum Gasteiger partial charge on any atom is 0.308 e. The minimum atomic E-state index is -0.310. The summed E-state index contributed by atoms with van der Waals surface area (Å²) in [4.78, 5) is 23.6. The lowest BCUT2D eigenvalue weighted by Gasteiger charge is -2.31. The van der Waals surface area contributed by atoms with Crippen molar-refractivity contribution >= 4 is 11.9 Å². The van der Waals surface area contributed by atoms with Crippen molar-refractivity contribution in [2.75, 3.05) is 6.61 Å². The van der Waals surface area contributed by atoms with Crippen molar-refractivity contribution in [2.24, 2.45) is 23.2 Å². The van der Waals surface area contributed by atoms with Crippen LogP contribution in [-0.4, -0.2) is 24.6 Å². The second kappa shape index (κ2) is 6.63. The van der Waals surface area contributed by atoms with Crippen LogP contribution in [0.25, 0.3) is 0 Å². The number of carbonyl (C=O) groups is 2. The molecule has 0 aromatic heterocycles. The average Bonchev–Trinajstić information content (AvgIpc) is 2.55. The van der Waals surface area contributed by atoms with Gasteiger partial charge in [0.25, 0.3) is 0 Å². The highest BCUT2D eigenvalue weighted by molar-refractivity contribution is 5.72. The van der Waals surface area contributed by atoms with Crippen LogP contribution >= 0.6 is 0 Å². The highest BCUT2D eigenvalue weighted by atomic mass is 16.6. The molecule has 0 bridgehead atoms. The summed E-state index contributed by atoms with van der Waals surface area (Å²) in [5.74, 6) is -0.793. The van der Waals surface area contributed by atoms with Gasteiger partial charge in [-0.3, -0.25) is 9.59 Å².